The normalized spacial score (nSPS) is 17.1. The molecule has 1 aliphatic rings. The fraction of sp³-hybridized carbons (Fsp3) is 0.0625. The van der Waals surface area contributed by atoms with Gasteiger partial charge in [-0.1, -0.05) is 72.4 Å². The molecule has 0 N–H and O–H groups in total. The van der Waals surface area contributed by atoms with Crippen LogP contribution >= 0.6 is 11.8 Å². The third-order valence-electron chi connectivity index (χ3n) is 3.36. The minimum Gasteiger partial charge on any atom is -0.194 e. The summed E-state index contributed by atoms with van der Waals surface area (Å²) in [5, 5.41) is 13.7. The molecule has 5 heteroatoms. The minimum atomic E-state index is 0.130. The molecule has 0 spiro atoms. The van der Waals surface area contributed by atoms with Gasteiger partial charge in [-0.15, -0.1) is 10.2 Å². The van der Waals surface area contributed by atoms with Gasteiger partial charge in [0.25, 0.3) is 0 Å². The highest BCUT2D eigenvalue weighted by molar-refractivity contribution is 8.00. The highest BCUT2D eigenvalue weighted by atomic mass is 32.2. The van der Waals surface area contributed by atoms with Gasteiger partial charge in [0.05, 0.1) is 11.0 Å². The van der Waals surface area contributed by atoms with E-state index in [9.17, 15) is 0 Å². The molecule has 0 bridgehead atoms. The first-order chi connectivity index (χ1) is 10.4. The largest absolute Gasteiger partial charge is 0.212 e. The number of benzene rings is 2. The Bertz CT molecular complexity index is 780. The molecule has 3 aromatic rings. The Labute approximate surface area is 126 Å². The Morgan fingerprint density at radius 3 is 2.38 bits per heavy atom. The van der Waals surface area contributed by atoms with Crippen LogP contribution in [0.25, 0.3) is 0 Å². The van der Waals surface area contributed by atoms with Crippen LogP contribution in [0.2, 0.25) is 0 Å². The van der Waals surface area contributed by atoms with E-state index in [1.54, 1.807) is 22.8 Å². The molecule has 21 heavy (non-hydrogen) atoms. The number of hydrogen-bond donors (Lipinski definition) is 0. The lowest BCUT2D eigenvalue weighted by Crippen LogP contribution is -2.17. The van der Waals surface area contributed by atoms with Crippen molar-refractivity contribution in [2.24, 2.45) is 5.10 Å². The summed E-state index contributed by atoms with van der Waals surface area (Å²) in [4.78, 5) is 0. The number of rotatable bonds is 2. The van der Waals surface area contributed by atoms with Gasteiger partial charge in [0.1, 0.15) is 6.33 Å². The summed E-state index contributed by atoms with van der Waals surface area (Å²) in [6.45, 7) is 0. The van der Waals surface area contributed by atoms with Crippen molar-refractivity contribution in [1.29, 1.82) is 0 Å². The zero-order valence-electron chi connectivity index (χ0n) is 11.1. The Balaban J connectivity index is 1.86. The summed E-state index contributed by atoms with van der Waals surface area (Å²) < 4.78 is 1.74. The summed E-state index contributed by atoms with van der Waals surface area (Å²) in [5.41, 5.74) is 3.37. The number of aromatic nitrogens is 3. The van der Waals surface area contributed by atoms with Crippen LogP contribution in [0.15, 0.2) is 77.2 Å². The lowest BCUT2D eigenvalue weighted by Gasteiger charge is -2.22. The van der Waals surface area contributed by atoms with Gasteiger partial charge < -0.3 is 0 Å². The quantitative estimate of drug-likeness (QED) is 0.727. The van der Waals surface area contributed by atoms with Crippen LogP contribution in [0.1, 0.15) is 16.4 Å². The van der Waals surface area contributed by atoms with Gasteiger partial charge in [0, 0.05) is 0 Å². The fourth-order valence-corrected chi connectivity index (χ4v) is 3.46. The summed E-state index contributed by atoms with van der Waals surface area (Å²) in [7, 11) is 0. The van der Waals surface area contributed by atoms with Crippen molar-refractivity contribution in [2.75, 3.05) is 0 Å². The summed E-state index contributed by atoms with van der Waals surface area (Å²) in [5.74, 6) is 0. The molecular formula is C16H12N4S. The fourth-order valence-electron chi connectivity index (χ4n) is 2.37. The maximum atomic E-state index is 4.72. The van der Waals surface area contributed by atoms with Crippen LogP contribution in [0.3, 0.4) is 0 Å². The maximum absolute atomic E-state index is 4.72. The first kappa shape index (κ1) is 12.3. The van der Waals surface area contributed by atoms with E-state index in [-0.39, 0.29) is 5.25 Å². The minimum absolute atomic E-state index is 0.130. The molecule has 0 aliphatic carbocycles. The monoisotopic (exact) mass is 292 g/mol. The zero-order chi connectivity index (χ0) is 14.1. The van der Waals surface area contributed by atoms with Gasteiger partial charge in [-0.25, -0.2) is 0 Å². The first-order valence-corrected chi connectivity index (χ1v) is 7.56. The van der Waals surface area contributed by atoms with Gasteiger partial charge in [-0.3, -0.25) is 0 Å². The lowest BCUT2D eigenvalue weighted by molar-refractivity contribution is 0.748. The van der Waals surface area contributed by atoms with E-state index < -0.39 is 0 Å². The average molecular weight is 292 g/mol. The van der Waals surface area contributed by atoms with Crippen LogP contribution < -0.4 is 0 Å². The smallest absolute Gasteiger partial charge is 0.194 e. The van der Waals surface area contributed by atoms with E-state index in [2.05, 4.69) is 46.6 Å². The summed E-state index contributed by atoms with van der Waals surface area (Å²) in [6.07, 6.45) is 1.65. The number of fused-ring (bicyclic) bond motifs is 1. The molecule has 4 rings (SSSR count). The molecule has 1 aliphatic heterocycles. The molecule has 0 saturated carbocycles. The standard InChI is InChI=1S/C16H12N4S/c1-3-7-12(8-4-1)14-15(13-9-5-2-6-10-13)21-16-18-17-11-20(16)19-14/h1-11,15H. The van der Waals surface area contributed by atoms with Crippen molar-refractivity contribution in [3.05, 3.63) is 78.1 Å². The molecule has 2 heterocycles. The van der Waals surface area contributed by atoms with Crippen molar-refractivity contribution in [3.8, 4) is 0 Å². The number of thioether (sulfide) groups is 1. The van der Waals surface area contributed by atoms with Crippen molar-refractivity contribution in [1.82, 2.24) is 14.9 Å². The Hall–Kier alpha value is -2.40. The highest BCUT2D eigenvalue weighted by Crippen LogP contribution is 2.40. The molecule has 0 radical (unpaired) electrons. The molecular weight excluding hydrogens is 280 g/mol. The van der Waals surface area contributed by atoms with E-state index in [0.717, 1.165) is 16.4 Å². The second-order valence-electron chi connectivity index (χ2n) is 4.72. The average Bonchev–Trinajstić information content (AvgIpc) is 3.03. The molecule has 1 unspecified atom stereocenters. The van der Waals surface area contributed by atoms with Crippen LogP contribution in [-0.4, -0.2) is 20.6 Å². The van der Waals surface area contributed by atoms with Gasteiger partial charge >= 0.3 is 0 Å². The molecule has 0 amide bonds. The molecule has 0 saturated heterocycles. The van der Waals surface area contributed by atoms with Crippen LogP contribution in [0.5, 0.6) is 0 Å². The molecule has 102 valence electrons. The van der Waals surface area contributed by atoms with Crippen molar-refractivity contribution in [3.63, 3.8) is 0 Å². The summed E-state index contributed by atoms with van der Waals surface area (Å²) in [6, 6.07) is 20.6. The van der Waals surface area contributed by atoms with E-state index in [1.807, 2.05) is 24.3 Å². The number of nitrogens with zero attached hydrogens (tertiary/aromatic N) is 4. The van der Waals surface area contributed by atoms with E-state index in [1.165, 1.54) is 5.56 Å². The zero-order valence-corrected chi connectivity index (χ0v) is 11.9. The topological polar surface area (TPSA) is 43.1 Å². The number of hydrogen-bond acceptors (Lipinski definition) is 4. The van der Waals surface area contributed by atoms with E-state index >= 15 is 0 Å². The highest BCUT2D eigenvalue weighted by Gasteiger charge is 2.27. The lowest BCUT2D eigenvalue weighted by atomic mass is 10.0. The van der Waals surface area contributed by atoms with Crippen LogP contribution in [-0.2, 0) is 0 Å². The Morgan fingerprint density at radius 1 is 0.905 bits per heavy atom. The van der Waals surface area contributed by atoms with Gasteiger partial charge in [0.2, 0.25) is 5.16 Å². The van der Waals surface area contributed by atoms with E-state index in [0.29, 0.717) is 0 Å². The molecule has 1 aromatic heterocycles. The van der Waals surface area contributed by atoms with Crippen molar-refractivity contribution < 1.29 is 0 Å². The Kier molecular flexibility index (Phi) is 3.05. The van der Waals surface area contributed by atoms with Gasteiger partial charge in [-0.2, -0.15) is 9.78 Å². The van der Waals surface area contributed by atoms with Gasteiger partial charge in [-0.05, 0) is 11.1 Å². The van der Waals surface area contributed by atoms with E-state index in [4.69, 9.17) is 5.10 Å². The molecule has 0 fully saturated rings. The molecule has 2 aromatic carbocycles. The van der Waals surface area contributed by atoms with Crippen LogP contribution in [0, 0.1) is 0 Å². The first-order valence-electron chi connectivity index (χ1n) is 6.68. The predicted octanol–water partition coefficient (Wildman–Crippen LogP) is 3.38. The van der Waals surface area contributed by atoms with Crippen molar-refractivity contribution in [2.45, 2.75) is 10.4 Å². The molecule has 1 atom stereocenters. The second-order valence-corrected chi connectivity index (χ2v) is 5.79. The summed E-state index contributed by atoms with van der Waals surface area (Å²) >= 11 is 1.68. The second kappa shape index (κ2) is 5.18. The van der Waals surface area contributed by atoms with Crippen LogP contribution in [0.4, 0.5) is 0 Å². The third-order valence-corrected chi connectivity index (χ3v) is 4.57. The SMILES string of the molecule is c1ccc(C2=Nn3cnnc3SC2c2ccccc2)cc1. The Morgan fingerprint density at radius 2 is 1.62 bits per heavy atom. The van der Waals surface area contributed by atoms with Crippen molar-refractivity contribution >= 4 is 17.5 Å². The molecule has 4 nitrogen and oxygen atoms in total. The third kappa shape index (κ3) is 2.25. The predicted molar refractivity (Wildman–Crippen MR) is 83.4 cm³/mol. The van der Waals surface area contributed by atoms with Gasteiger partial charge in [0.15, 0.2) is 0 Å². The maximum Gasteiger partial charge on any atom is 0.212 e.